The van der Waals surface area contributed by atoms with Gasteiger partial charge < -0.3 is 14.9 Å². The highest BCUT2D eigenvalue weighted by Gasteiger charge is 2.48. The van der Waals surface area contributed by atoms with E-state index in [9.17, 15) is 19.1 Å². The van der Waals surface area contributed by atoms with Crippen molar-refractivity contribution in [3.63, 3.8) is 0 Å². The molecule has 0 bridgehead atoms. The molecule has 1 atom stereocenters. The van der Waals surface area contributed by atoms with E-state index in [-0.39, 0.29) is 17.4 Å². The van der Waals surface area contributed by atoms with Gasteiger partial charge in [0.05, 0.1) is 11.6 Å². The lowest BCUT2D eigenvalue weighted by molar-refractivity contribution is -0.141. The zero-order valence-corrected chi connectivity index (χ0v) is 17.8. The van der Waals surface area contributed by atoms with Crippen molar-refractivity contribution < 1.29 is 19.1 Å². The molecular formula is C25H27FN2O3. The van der Waals surface area contributed by atoms with Crippen LogP contribution in [-0.4, -0.2) is 41.8 Å². The molecule has 0 spiro atoms. The van der Waals surface area contributed by atoms with Crippen LogP contribution in [0.15, 0.2) is 54.1 Å². The molecule has 2 aromatic carbocycles. The summed E-state index contributed by atoms with van der Waals surface area (Å²) in [5, 5.41) is 11.0. The van der Waals surface area contributed by atoms with E-state index in [0.29, 0.717) is 5.56 Å². The van der Waals surface area contributed by atoms with Gasteiger partial charge in [-0.2, -0.15) is 0 Å². The zero-order valence-electron chi connectivity index (χ0n) is 17.8. The molecule has 1 amide bonds. The Kier molecular flexibility index (Phi) is 5.81. The van der Waals surface area contributed by atoms with Gasteiger partial charge >= 0.3 is 0 Å². The summed E-state index contributed by atoms with van der Waals surface area (Å²) in [5.74, 6) is -1.96. The monoisotopic (exact) mass is 422 g/mol. The number of benzene rings is 2. The molecule has 5 nitrogen and oxygen atoms in total. The summed E-state index contributed by atoms with van der Waals surface area (Å²) in [6, 6.07) is 12.3. The predicted molar refractivity (Wildman–Crippen MR) is 118 cm³/mol. The van der Waals surface area contributed by atoms with Crippen molar-refractivity contribution in [1.82, 2.24) is 4.90 Å². The Hall–Kier alpha value is -3.15. The molecule has 31 heavy (non-hydrogen) atoms. The van der Waals surface area contributed by atoms with Crippen molar-refractivity contribution in [1.29, 1.82) is 0 Å². The van der Waals surface area contributed by atoms with Crippen LogP contribution in [0, 0.1) is 5.82 Å². The quantitative estimate of drug-likeness (QED) is 0.443. The topological polar surface area (TPSA) is 60.9 Å². The van der Waals surface area contributed by atoms with Gasteiger partial charge in [-0.05, 0) is 54.8 Å². The Morgan fingerprint density at radius 2 is 1.58 bits per heavy atom. The number of aliphatic hydroxyl groups is 1. The first-order valence-corrected chi connectivity index (χ1v) is 10.7. The Morgan fingerprint density at radius 1 is 0.968 bits per heavy atom. The highest BCUT2D eigenvalue weighted by molar-refractivity contribution is 6.46. The van der Waals surface area contributed by atoms with Gasteiger partial charge in [0.25, 0.3) is 11.7 Å². The number of halogens is 1. The van der Waals surface area contributed by atoms with Crippen LogP contribution < -0.4 is 4.90 Å². The molecule has 0 radical (unpaired) electrons. The Bertz CT molecular complexity index is 1010. The Labute approximate surface area is 181 Å². The average molecular weight is 423 g/mol. The molecule has 2 aliphatic rings. The van der Waals surface area contributed by atoms with Crippen molar-refractivity contribution in [3.8, 4) is 0 Å². The van der Waals surface area contributed by atoms with Crippen molar-refractivity contribution in [2.75, 3.05) is 19.0 Å². The second-order valence-electron chi connectivity index (χ2n) is 8.49. The molecule has 0 aromatic heterocycles. The second-order valence-corrected chi connectivity index (χ2v) is 8.49. The van der Waals surface area contributed by atoms with Crippen LogP contribution in [0.1, 0.15) is 49.3 Å². The molecule has 4 rings (SSSR count). The summed E-state index contributed by atoms with van der Waals surface area (Å²) in [6.07, 6.45) is 4.83. The number of likely N-dealkylation sites (tertiary alicyclic amines) is 1. The smallest absolute Gasteiger partial charge is 0.295 e. The van der Waals surface area contributed by atoms with Crippen LogP contribution in [0.3, 0.4) is 0 Å². The van der Waals surface area contributed by atoms with Crippen molar-refractivity contribution in [2.24, 2.45) is 0 Å². The maximum absolute atomic E-state index is 13.4. The van der Waals surface area contributed by atoms with E-state index in [4.69, 9.17) is 0 Å². The Balaban J connectivity index is 1.85. The molecule has 1 unspecified atom stereocenters. The summed E-state index contributed by atoms with van der Waals surface area (Å²) in [6.45, 7) is 0. The number of carbonyl (C=O) groups is 2. The van der Waals surface area contributed by atoms with E-state index in [1.54, 1.807) is 4.90 Å². The molecular weight excluding hydrogens is 395 g/mol. The summed E-state index contributed by atoms with van der Waals surface area (Å²) in [4.78, 5) is 29.9. The minimum absolute atomic E-state index is 0.0396. The first-order valence-electron chi connectivity index (χ1n) is 10.7. The summed E-state index contributed by atoms with van der Waals surface area (Å²) in [5.41, 5.74) is 2.16. The van der Waals surface area contributed by atoms with E-state index in [2.05, 4.69) is 0 Å². The lowest BCUT2D eigenvalue weighted by Gasteiger charge is -2.35. The predicted octanol–water partition coefficient (Wildman–Crippen LogP) is 4.65. The van der Waals surface area contributed by atoms with Gasteiger partial charge in [-0.15, -0.1) is 0 Å². The van der Waals surface area contributed by atoms with E-state index >= 15 is 0 Å². The Morgan fingerprint density at radius 3 is 2.16 bits per heavy atom. The van der Waals surface area contributed by atoms with Gasteiger partial charge in [0.2, 0.25) is 0 Å². The third kappa shape index (κ3) is 3.94. The number of nitrogens with zero attached hydrogens (tertiary/aromatic N) is 2. The lowest BCUT2D eigenvalue weighted by atomic mass is 9.91. The van der Waals surface area contributed by atoms with Gasteiger partial charge in [-0.25, -0.2) is 4.39 Å². The molecule has 2 aromatic rings. The molecule has 2 fully saturated rings. The van der Waals surface area contributed by atoms with Gasteiger partial charge in [-0.3, -0.25) is 9.59 Å². The molecule has 162 valence electrons. The number of rotatable bonds is 4. The van der Waals surface area contributed by atoms with E-state index < -0.39 is 23.5 Å². The van der Waals surface area contributed by atoms with Crippen LogP contribution in [0.4, 0.5) is 10.1 Å². The molecule has 1 N–H and O–H groups in total. The summed E-state index contributed by atoms with van der Waals surface area (Å²) >= 11 is 0. The second kappa shape index (κ2) is 8.53. The summed E-state index contributed by atoms with van der Waals surface area (Å²) in [7, 11) is 3.88. The standard InChI is InChI=1S/C25H27FN2O3/c1-27(2)19-14-10-16(11-15-19)22-21(23(29)17-8-12-18(26)13-9-17)24(30)25(31)28(22)20-6-4-3-5-7-20/h8-15,20,22,29H,3-7H2,1-2H3/b23-21-. The van der Waals surface area contributed by atoms with Crippen molar-refractivity contribution in [2.45, 2.75) is 44.2 Å². The van der Waals surface area contributed by atoms with E-state index in [0.717, 1.165) is 43.4 Å². The number of aliphatic hydroxyl groups excluding tert-OH is 1. The minimum atomic E-state index is -0.686. The number of carbonyl (C=O) groups excluding carboxylic acids is 2. The number of ketones is 1. The maximum Gasteiger partial charge on any atom is 0.295 e. The van der Waals surface area contributed by atoms with Crippen molar-refractivity contribution in [3.05, 3.63) is 71.0 Å². The average Bonchev–Trinajstić information content (AvgIpc) is 3.05. The zero-order chi connectivity index (χ0) is 22.1. The summed E-state index contributed by atoms with van der Waals surface area (Å²) < 4.78 is 13.4. The highest BCUT2D eigenvalue weighted by atomic mass is 19.1. The third-order valence-electron chi connectivity index (χ3n) is 6.29. The van der Waals surface area contributed by atoms with Crippen LogP contribution in [0.25, 0.3) is 5.76 Å². The fraction of sp³-hybridized carbons (Fsp3) is 0.360. The first-order chi connectivity index (χ1) is 14.9. The number of hydrogen-bond donors (Lipinski definition) is 1. The van der Waals surface area contributed by atoms with Crippen LogP contribution in [-0.2, 0) is 9.59 Å². The van der Waals surface area contributed by atoms with Crippen LogP contribution in [0.5, 0.6) is 0 Å². The van der Waals surface area contributed by atoms with Crippen LogP contribution >= 0.6 is 0 Å². The number of hydrogen-bond acceptors (Lipinski definition) is 4. The molecule has 1 saturated heterocycles. The number of amides is 1. The molecule has 1 saturated carbocycles. The normalized spacial score (nSPS) is 21.5. The van der Waals surface area contributed by atoms with Gasteiger partial charge in [0, 0.05) is 31.4 Å². The lowest BCUT2D eigenvalue weighted by Crippen LogP contribution is -2.40. The highest BCUT2D eigenvalue weighted by Crippen LogP contribution is 2.43. The fourth-order valence-corrected chi connectivity index (χ4v) is 4.63. The van der Waals surface area contributed by atoms with Gasteiger partial charge in [0.1, 0.15) is 11.6 Å². The molecule has 6 heteroatoms. The molecule has 1 heterocycles. The van der Waals surface area contributed by atoms with Gasteiger partial charge in [0.15, 0.2) is 0 Å². The van der Waals surface area contributed by atoms with Crippen molar-refractivity contribution >= 4 is 23.1 Å². The molecule has 1 aliphatic heterocycles. The first kappa shape index (κ1) is 21.1. The van der Waals surface area contributed by atoms with Gasteiger partial charge in [-0.1, -0.05) is 31.4 Å². The fourth-order valence-electron chi connectivity index (χ4n) is 4.63. The maximum atomic E-state index is 13.4. The molecule has 1 aliphatic carbocycles. The third-order valence-corrected chi connectivity index (χ3v) is 6.29. The van der Waals surface area contributed by atoms with Crippen LogP contribution in [0.2, 0.25) is 0 Å². The number of anilines is 1. The van der Waals surface area contributed by atoms with E-state index in [1.807, 2.05) is 43.3 Å². The minimum Gasteiger partial charge on any atom is -0.507 e. The number of Topliss-reactive ketones (excluding diaryl/α,β-unsaturated/α-hetero) is 1. The van der Waals surface area contributed by atoms with E-state index in [1.165, 1.54) is 24.3 Å². The SMILES string of the molecule is CN(C)c1ccc(C2/C(=C(/O)c3ccc(F)cc3)C(=O)C(=O)N2C2CCCCC2)cc1. The largest absolute Gasteiger partial charge is 0.507 e.